The summed E-state index contributed by atoms with van der Waals surface area (Å²) in [7, 11) is 0. The van der Waals surface area contributed by atoms with E-state index in [1.54, 1.807) is 0 Å². The van der Waals surface area contributed by atoms with Crippen molar-refractivity contribution in [1.29, 1.82) is 0 Å². The fourth-order valence-electron chi connectivity index (χ4n) is 2.69. The largest absolute Gasteiger partial charge is 0.311 e. The predicted octanol–water partition coefficient (Wildman–Crippen LogP) is 1.61. The number of hydrogen-bond acceptors (Lipinski definition) is 4. The summed E-state index contributed by atoms with van der Waals surface area (Å²) < 4.78 is 1.97. The first-order chi connectivity index (χ1) is 9.54. The third kappa shape index (κ3) is 4.56. The van der Waals surface area contributed by atoms with E-state index in [1.165, 1.54) is 13.1 Å². The average Bonchev–Trinajstić information content (AvgIpc) is 2.95. The van der Waals surface area contributed by atoms with E-state index < -0.39 is 0 Å². The van der Waals surface area contributed by atoms with Gasteiger partial charge in [-0.15, -0.1) is 5.10 Å². The van der Waals surface area contributed by atoms with Crippen molar-refractivity contribution in [2.24, 2.45) is 17.8 Å². The van der Waals surface area contributed by atoms with E-state index in [4.69, 9.17) is 0 Å². The number of aromatic nitrogens is 3. The van der Waals surface area contributed by atoms with Gasteiger partial charge in [0.05, 0.1) is 12.2 Å². The van der Waals surface area contributed by atoms with Gasteiger partial charge in [-0.05, 0) is 24.3 Å². The smallest absolute Gasteiger partial charge is 0.0964 e. The van der Waals surface area contributed by atoms with E-state index in [2.05, 4.69) is 54.4 Å². The third-order valence-corrected chi connectivity index (χ3v) is 4.15. The van der Waals surface area contributed by atoms with Crippen LogP contribution in [0.5, 0.6) is 0 Å². The van der Waals surface area contributed by atoms with E-state index in [-0.39, 0.29) is 0 Å². The Morgan fingerprint density at radius 2 is 1.95 bits per heavy atom. The van der Waals surface area contributed by atoms with Crippen molar-refractivity contribution >= 4 is 0 Å². The average molecular weight is 279 g/mol. The van der Waals surface area contributed by atoms with Crippen LogP contribution in [0, 0.1) is 17.8 Å². The summed E-state index contributed by atoms with van der Waals surface area (Å²) in [6.07, 6.45) is 2.07. The highest BCUT2D eigenvalue weighted by Crippen LogP contribution is 2.21. The highest BCUT2D eigenvalue weighted by Gasteiger charge is 2.25. The molecule has 1 saturated heterocycles. The second-order valence-corrected chi connectivity index (χ2v) is 6.71. The Hall–Kier alpha value is -0.940. The minimum Gasteiger partial charge on any atom is -0.311 e. The van der Waals surface area contributed by atoms with Gasteiger partial charge in [0, 0.05) is 32.4 Å². The molecule has 0 radical (unpaired) electrons. The van der Waals surface area contributed by atoms with Crippen LogP contribution in [-0.2, 0) is 13.1 Å². The van der Waals surface area contributed by atoms with Gasteiger partial charge in [0.1, 0.15) is 0 Å². The molecule has 1 N–H and O–H groups in total. The molecule has 0 bridgehead atoms. The molecule has 1 aromatic heterocycles. The second-order valence-electron chi connectivity index (χ2n) is 6.71. The Kier molecular flexibility index (Phi) is 5.54. The molecule has 0 aliphatic carbocycles. The molecule has 1 fully saturated rings. The van der Waals surface area contributed by atoms with Crippen LogP contribution in [-0.4, -0.2) is 46.1 Å². The van der Waals surface area contributed by atoms with Crippen LogP contribution in [0.3, 0.4) is 0 Å². The van der Waals surface area contributed by atoms with Crippen LogP contribution in [0.1, 0.15) is 33.4 Å². The first-order valence-electron chi connectivity index (χ1n) is 7.86. The maximum absolute atomic E-state index is 4.22. The molecule has 114 valence electrons. The maximum Gasteiger partial charge on any atom is 0.0964 e. The molecule has 0 aromatic carbocycles. The van der Waals surface area contributed by atoms with E-state index in [1.807, 2.05) is 4.68 Å². The highest BCUT2D eigenvalue weighted by molar-refractivity contribution is 4.91. The standard InChI is InChI=1S/C15H29N5/c1-12(2)7-16-8-15-11-20(18-17-15)6-5-19-9-13(3)14(4)10-19/h11-14,16H,5-10H2,1-4H3. The van der Waals surface area contributed by atoms with Gasteiger partial charge >= 0.3 is 0 Å². The SMILES string of the molecule is CC(C)CNCc1cn(CCN2CC(C)C(C)C2)nn1. The zero-order chi connectivity index (χ0) is 14.5. The Morgan fingerprint density at radius 1 is 1.25 bits per heavy atom. The minimum atomic E-state index is 0.671. The van der Waals surface area contributed by atoms with Gasteiger partial charge in [0.2, 0.25) is 0 Å². The monoisotopic (exact) mass is 279 g/mol. The second kappa shape index (κ2) is 7.18. The van der Waals surface area contributed by atoms with Gasteiger partial charge < -0.3 is 10.2 Å². The number of nitrogens with one attached hydrogen (secondary N) is 1. The molecule has 5 heteroatoms. The van der Waals surface area contributed by atoms with Gasteiger partial charge in [0.15, 0.2) is 0 Å². The lowest BCUT2D eigenvalue weighted by Gasteiger charge is -2.14. The summed E-state index contributed by atoms with van der Waals surface area (Å²) in [6.45, 7) is 15.4. The lowest BCUT2D eigenvalue weighted by Crippen LogP contribution is -2.25. The lowest BCUT2D eigenvalue weighted by molar-refractivity contribution is 0.301. The summed E-state index contributed by atoms with van der Waals surface area (Å²) in [5, 5.41) is 11.8. The highest BCUT2D eigenvalue weighted by atomic mass is 15.4. The fourth-order valence-corrected chi connectivity index (χ4v) is 2.69. The Bertz CT molecular complexity index is 391. The summed E-state index contributed by atoms with van der Waals surface area (Å²) in [5.41, 5.74) is 1.04. The Labute approximate surface area is 122 Å². The van der Waals surface area contributed by atoms with E-state index in [0.717, 1.165) is 43.7 Å². The molecule has 0 spiro atoms. The van der Waals surface area contributed by atoms with E-state index in [9.17, 15) is 0 Å². The van der Waals surface area contributed by atoms with Crippen molar-refractivity contribution in [3.05, 3.63) is 11.9 Å². The number of likely N-dealkylation sites (tertiary alicyclic amines) is 1. The molecule has 2 atom stereocenters. The topological polar surface area (TPSA) is 46.0 Å². The number of nitrogens with zero attached hydrogens (tertiary/aromatic N) is 4. The zero-order valence-corrected chi connectivity index (χ0v) is 13.3. The molecule has 20 heavy (non-hydrogen) atoms. The predicted molar refractivity (Wildman–Crippen MR) is 81.3 cm³/mol. The van der Waals surface area contributed by atoms with Crippen LogP contribution in [0.2, 0.25) is 0 Å². The van der Waals surface area contributed by atoms with Crippen molar-refractivity contribution in [2.75, 3.05) is 26.2 Å². The summed E-state index contributed by atoms with van der Waals surface area (Å²) in [5.74, 6) is 2.31. The molecule has 0 amide bonds. The summed E-state index contributed by atoms with van der Waals surface area (Å²) >= 11 is 0. The van der Waals surface area contributed by atoms with Gasteiger partial charge in [-0.2, -0.15) is 0 Å². The molecule has 5 nitrogen and oxygen atoms in total. The molecule has 1 aliphatic heterocycles. The van der Waals surface area contributed by atoms with Crippen LogP contribution >= 0.6 is 0 Å². The van der Waals surface area contributed by atoms with Crippen molar-refractivity contribution in [3.8, 4) is 0 Å². The van der Waals surface area contributed by atoms with Gasteiger partial charge in [-0.25, -0.2) is 0 Å². The van der Waals surface area contributed by atoms with E-state index in [0.29, 0.717) is 5.92 Å². The summed E-state index contributed by atoms with van der Waals surface area (Å²) in [4.78, 5) is 2.54. The van der Waals surface area contributed by atoms with Crippen LogP contribution < -0.4 is 5.32 Å². The number of hydrogen-bond donors (Lipinski definition) is 1. The van der Waals surface area contributed by atoms with Crippen LogP contribution in [0.25, 0.3) is 0 Å². The van der Waals surface area contributed by atoms with Gasteiger partial charge in [-0.3, -0.25) is 4.68 Å². The van der Waals surface area contributed by atoms with Crippen LogP contribution in [0.15, 0.2) is 6.20 Å². The molecule has 2 rings (SSSR count). The van der Waals surface area contributed by atoms with Gasteiger partial charge in [0.25, 0.3) is 0 Å². The van der Waals surface area contributed by atoms with Crippen molar-refractivity contribution < 1.29 is 0 Å². The molecular weight excluding hydrogens is 250 g/mol. The summed E-state index contributed by atoms with van der Waals surface area (Å²) in [6, 6.07) is 0. The number of rotatable bonds is 7. The molecule has 1 aromatic rings. The minimum absolute atomic E-state index is 0.671. The molecular formula is C15H29N5. The van der Waals surface area contributed by atoms with Crippen molar-refractivity contribution in [3.63, 3.8) is 0 Å². The van der Waals surface area contributed by atoms with Crippen molar-refractivity contribution in [1.82, 2.24) is 25.2 Å². The van der Waals surface area contributed by atoms with Gasteiger partial charge in [-0.1, -0.05) is 32.9 Å². The molecule has 0 saturated carbocycles. The third-order valence-electron chi connectivity index (χ3n) is 4.15. The first kappa shape index (κ1) is 15.4. The van der Waals surface area contributed by atoms with E-state index >= 15 is 0 Å². The maximum atomic E-state index is 4.22. The molecule has 1 aliphatic rings. The first-order valence-corrected chi connectivity index (χ1v) is 7.86. The fraction of sp³-hybridized carbons (Fsp3) is 0.867. The molecule has 2 unspecified atom stereocenters. The molecule has 2 heterocycles. The van der Waals surface area contributed by atoms with Crippen molar-refractivity contribution in [2.45, 2.75) is 40.8 Å². The Morgan fingerprint density at radius 3 is 2.60 bits per heavy atom. The normalized spacial score (nSPS) is 23.9. The zero-order valence-electron chi connectivity index (χ0n) is 13.3. The van der Waals surface area contributed by atoms with Crippen LogP contribution in [0.4, 0.5) is 0 Å². The lowest BCUT2D eigenvalue weighted by atomic mass is 10.0. The Balaban J connectivity index is 1.70. The quantitative estimate of drug-likeness (QED) is 0.824.